The zero-order valence-electron chi connectivity index (χ0n) is 31.7. The number of carbonyl (C=O) groups excluding carboxylic acids is 4. The minimum atomic E-state index is -0.688. The Bertz CT molecular complexity index is 1710. The van der Waals surface area contributed by atoms with E-state index in [-0.39, 0.29) is 37.9 Å². The summed E-state index contributed by atoms with van der Waals surface area (Å²) in [4.78, 5) is 50.2. The molecule has 4 rings (SSSR count). The number of methoxy groups -OCH3 is 2. The molecule has 2 amide bonds. The van der Waals surface area contributed by atoms with Gasteiger partial charge >= 0.3 is 11.9 Å². The number of ether oxygens (including phenoxy) is 4. The molecule has 0 saturated heterocycles. The first kappa shape index (κ1) is 41.6. The summed E-state index contributed by atoms with van der Waals surface area (Å²) < 4.78 is 22.7. The van der Waals surface area contributed by atoms with Crippen LogP contribution in [0.5, 0.6) is 11.5 Å². The quantitative estimate of drug-likeness (QED) is 0.0646. The third-order valence-electron chi connectivity index (χ3n) is 9.27. The van der Waals surface area contributed by atoms with Crippen LogP contribution in [-0.2, 0) is 28.7 Å². The first-order valence-corrected chi connectivity index (χ1v) is 18.9. The average molecular weight is 745 g/mol. The number of rotatable bonds is 23. The fourth-order valence-electron chi connectivity index (χ4n) is 6.45. The molecule has 8 N–H and O–H groups in total. The van der Waals surface area contributed by atoms with E-state index < -0.39 is 24.0 Å². The number of hydrogen-bond acceptors (Lipinski definition) is 8. The zero-order valence-corrected chi connectivity index (χ0v) is 31.7. The van der Waals surface area contributed by atoms with E-state index in [0.717, 1.165) is 71.4 Å². The number of quaternary nitrogens is 2. The number of unbranched alkanes of at least 4 members (excludes halogenated alkanes) is 2. The molecule has 12 heteroatoms. The van der Waals surface area contributed by atoms with E-state index in [4.69, 9.17) is 18.9 Å². The number of carbonyl (C=O) groups is 4. The summed E-state index contributed by atoms with van der Waals surface area (Å²) in [7, 11) is 2.64. The first-order valence-electron chi connectivity index (χ1n) is 18.9. The van der Waals surface area contributed by atoms with Crippen LogP contribution in [0.1, 0.15) is 64.2 Å². The normalized spacial score (nSPS) is 12.1. The molecule has 4 aromatic rings. The Balaban J connectivity index is 1.51. The Morgan fingerprint density at radius 3 is 1.35 bits per heavy atom. The predicted molar refractivity (Wildman–Crippen MR) is 207 cm³/mol. The summed E-state index contributed by atoms with van der Waals surface area (Å²) in [5.74, 6) is -0.106. The third-order valence-corrected chi connectivity index (χ3v) is 9.27. The van der Waals surface area contributed by atoms with Gasteiger partial charge in [-0.3, -0.25) is 9.59 Å². The van der Waals surface area contributed by atoms with Gasteiger partial charge in [0.25, 0.3) is 0 Å². The first-order chi connectivity index (χ1) is 26.3. The maximum Gasteiger partial charge on any atom is 0.328 e. The molecule has 0 heterocycles. The lowest BCUT2D eigenvalue weighted by Gasteiger charge is -2.20. The van der Waals surface area contributed by atoms with Crippen molar-refractivity contribution in [1.82, 2.24) is 10.6 Å². The lowest BCUT2D eigenvalue weighted by molar-refractivity contribution is -0.368. The molecular weight excluding hydrogens is 688 g/mol. The van der Waals surface area contributed by atoms with Gasteiger partial charge in [-0.05, 0) is 85.0 Å². The Morgan fingerprint density at radius 2 is 0.963 bits per heavy atom. The van der Waals surface area contributed by atoms with Crippen LogP contribution in [0.3, 0.4) is 0 Å². The number of amides is 2. The summed E-state index contributed by atoms with van der Waals surface area (Å²) in [6.07, 6.45) is 5.48. The highest BCUT2D eigenvalue weighted by molar-refractivity contribution is 6.09. The average Bonchev–Trinajstić information content (AvgIpc) is 3.19. The van der Waals surface area contributed by atoms with Gasteiger partial charge in [-0.15, -0.1) is 0 Å². The molecule has 290 valence electrons. The molecule has 2 atom stereocenters. The fourth-order valence-corrected chi connectivity index (χ4v) is 6.45. The lowest BCUT2D eigenvalue weighted by Crippen LogP contribution is -2.50. The number of hydrogen-bond donors (Lipinski definition) is 4. The second kappa shape index (κ2) is 22.1. The second-order valence-corrected chi connectivity index (χ2v) is 13.2. The molecule has 0 fully saturated rings. The molecular formula is C42H56N4O8+2. The van der Waals surface area contributed by atoms with Gasteiger partial charge in [0, 0.05) is 24.0 Å². The van der Waals surface area contributed by atoms with Crippen LogP contribution in [0.2, 0.25) is 0 Å². The molecule has 0 unspecified atom stereocenters. The fraction of sp³-hybridized carbons (Fsp3) is 0.429. The number of benzene rings is 4. The minimum absolute atomic E-state index is 0.179. The van der Waals surface area contributed by atoms with E-state index in [2.05, 4.69) is 34.2 Å². The Hall–Kier alpha value is -5.20. The van der Waals surface area contributed by atoms with Gasteiger partial charge in [0.15, 0.2) is 0 Å². The van der Waals surface area contributed by atoms with Crippen LogP contribution in [0.15, 0.2) is 72.8 Å². The molecule has 0 bridgehead atoms. The summed E-state index contributed by atoms with van der Waals surface area (Å²) in [6.45, 7) is 2.06. The van der Waals surface area contributed by atoms with Crippen molar-refractivity contribution in [3.8, 4) is 22.6 Å². The van der Waals surface area contributed by atoms with E-state index in [1.54, 1.807) is 0 Å². The summed E-state index contributed by atoms with van der Waals surface area (Å²) in [5.41, 5.74) is 9.40. The molecule has 0 aromatic heterocycles. The molecule has 0 aliphatic carbocycles. The van der Waals surface area contributed by atoms with Crippen molar-refractivity contribution in [2.24, 2.45) is 0 Å². The smallest absolute Gasteiger partial charge is 0.328 e. The lowest BCUT2D eigenvalue weighted by atomic mass is 9.92. The van der Waals surface area contributed by atoms with E-state index in [0.29, 0.717) is 37.2 Å². The summed E-state index contributed by atoms with van der Waals surface area (Å²) >= 11 is 0. The molecule has 12 nitrogen and oxygen atoms in total. The number of nitrogens with one attached hydrogen (secondary N) is 2. The summed E-state index contributed by atoms with van der Waals surface area (Å²) in [5, 5.41) is 9.64. The van der Waals surface area contributed by atoms with Gasteiger partial charge in [-0.2, -0.15) is 0 Å². The van der Waals surface area contributed by atoms with Crippen LogP contribution >= 0.6 is 0 Å². The van der Waals surface area contributed by atoms with Gasteiger partial charge < -0.3 is 41.0 Å². The molecule has 0 radical (unpaired) electrons. The third kappa shape index (κ3) is 11.9. The van der Waals surface area contributed by atoms with Gasteiger partial charge in [-0.1, -0.05) is 60.7 Å². The highest BCUT2D eigenvalue weighted by Crippen LogP contribution is 2.45. The van der Waals surface area contributed by atoms with Crippen LogP contribution in [-0.4, -0.2) is 76.4 Å². The molecule has 0 spiro atoms. The van der Waals surface area contributed by atoms with Crippen molar-refractivity contribution in [2.45, 2.75) is 76.3 Å². The van der Waals surface area contributed by atoms with Crippen LogP contribution in [0, 0.1) is 0 Å². The van der Waals surface area contributed by atoms with E-state index in [9.17, 15) is 19.2 Å². The van der Waals surface area contributed by atoms with Crippen molar-refractivity contribution in [3.63, 3.8) is 0 Å². The zero-order chi connectivity index (χ0) is 38.7. The standard InChI is InChI=1S/C42H54N4O8/c1-51-41(49)33(17-7-9-25-43)45-37(47)19-11-27-53-35-23-21-29-13-3-5-15-31(29)39(35)40-32-16-6-4-14-30(32)22-24-36(40)54-28-12-20-38(48)46-34(42(50)52-2)18-8-10-26-44/h3-6,13-16,21-24,33-34H,7-12,17-20,25-28,43-44H2,1-2H3,(H,45,47)(H,46,48)/p+2/t33-,34-/m1/s1. The molecule has 4 aromatic carbocycles. The van der Waals surface area contributed by atoms with Gasteiger partial charge in [-0.25, -0.2) is 9.59 Å². The summed E-state index contributed by atoms with van der Waals surface area (Å²) in [6, 6.07) is 22.7. The Kier molecular flexibility index (Phi) is 17.0. The second-order valence-electron chi connectivity index (χ2n) is 13.2. The van der Waals surface area contributed by atoms with Gasteiger partial charge in [0.05, 0.1) is 40.5 Å². The van der Waals surface area contributed by atoms with Gasteiger partial charge in [0.2, 0.25) is 11.8 Å². The van der Waals surface area contributed by atoms with Crippen molar-refractivity contribution in [1.29, 1.82) is 0 Å². The topological polar surface area (TPSA) is 185 Å². The molecule has 0 saturated carbocycles. The van der Waals surface area contributed by atoms with Crippen molar-refractivity contribution < 1.29 is 49.6 Å². The minimum Gasteiger partial charge on any atom is -0.493 e. The van der Waals surface area contributed by atoms with Gasteiger partial charge in [0.1, 0.15) is 23.6 Å². The predicted octanol–water partition coefficient (Wildman–Crippen LogP) is 4.12. The highest BCUT2D eigenvalue weighted by atomic mass is 16.5. The molecule has 0 aliphatic heterocycles. The molecule has 0 aliphatic rings. The van der Waals surface area contributed by atoms with Crippen molar-refractivity contribution in [3.05, 3.63) is 72.8 Å². The SMILES string of the molecule is COC(=O)[C@@H](CCCC[NH3+])NC(=O)CCCOc1ccc2ccccc2c1-c1c(OCCCC(=O)N[C@H](CCCC[NH3+])C(=O)OC)ccc2ccccc12. The van der Waals surface area contributed by atoms with Crippen LogP contribution < -0.4 is 31.6 Å². The Labute approximate surface area is 317 Å². The van der Waals surface area contributed by atoms with E-state index in [1.807, 2.05) is 60.7 Å². The van der Waals surface area contributed by atoms with E-state index >= 15 is 0 Å². The maximum absolute atomic E-state index is 12.8. The monoisotopic (exact) mass is 744 g/mol. The number of esters is 2. The van der Waals surface area contributed by atoms with Crippen LogP contribution in [0.25, 0.3) is 32.7 Å². The number of fused-ring (bicyclic) bond motifs is 2. The Morgan fingerprint density at radius 1 is 0.556 bits per heavy atom. The maximum atomic E-state index is 12.8. The highest BCUT2D eigenvalue weighted by Gasteiger charge is 2.23. The molecule has 54 heavy (non-hydrogen) atoms. The largest absolute Gasteiger partial charge is 0.493 e. The van der Waals surface area contributed by atoms with Crippen LogP contribution in [0.4, 0.5) is 0 Å². The van der Waals surface area contributed by atoms with Crippen molar-refractivity contribution >= 4 is 45.3 Å². The van der Waals surface area contributed by atoms with E-state index in [1.165, 1.54) is 14.2 Å². The van der Waals surface area contributed by atoms with Crippen molar-refractivity contribution in [2.75, 3.05) is 40.5 Å².